The summed E-state index contributed by atoms with van der Waals surface area (Å²) in [6.45, 7) is 11.0. The molecule has 1 aliphatic carbocycles. The van der Waals surface area contributed by atoms with Crippen molar-refractivity contribution in [3.8, 4) is 27.3 Å². The molecule has 2 fully saturated rings. The van der Waals surface area contributed by atoms with Crippen LogP contribution >= 0.6 is 22.7 Å². The van der Waals surface area contributed by atoms with Gasteiger partial charge in [0, 0.05) is 49.4 Å². The second-order valence-corrected chi connectivity index (χ2v) is 19.9. The summed E-state index contributed by atoms with van der Waals surface area (Å²) in [5, 5.41) is 24.9. The van der Waals surface area contributed by atoms with Crippen molar-refractivity contribution < 1.29 is 33.5 Å². The fourth-order valence-electron chi connectivity index (χ4n) is 8.86. The van der Waals surface area contributed by atoms with Crippen LogP contribution in [0.15, 0.2) is 64.8 Å². The normalized spacial score (nSPS) is 16.9. The molecule has 2 aliphatic rings. The van der Waals surface area contributed by atoms with E-state index >= 15 is 0 Å². The third kappa shape index (κ3) is 11.8. The van der Waals surface area contributed by atoms with Gasteiger partial charge in [0.15, 0.2) is 5.13 Å². The van der Waals surface area contributed by atoms with E-state index in [1.807, 2.05) is 75.8 Å². The van der Waals surface area contributed by atoms with E-state index in [-0.39, 0.29) is 43.3 Å². The number of aryl methyl sites for hydroxylation is 3. The lowest BCUT2D eigenvalue weighted by molar-refractivity contribution is -0.141. The highest BCUT2D eigenvalue weighted by molar-refractivity contribution is 7.22. The SMILES string of the molecule is Cc1cc([C@@H](C(=O)N2C[C@H](O)C[C@H]2C(=O)NCc2ccc(-c3scnc3C)cc2OCCCCCNc2nc3ccc(-c4cnc(C)c(NC(=O)OC5CCCCC5)c4)cc3s2)C(C)C)on1. The number of fused-ring (bicyclic) bond motifs is 1. The van der Waals surface area contributed by atoms with Crippen molar-refractivity contribution in [2.24, 2.45) is 5.92 Å². The number of aromatic nitrogens is 4. The van der Waals surface area contributed by atoms with Crippen LogP contribution in [0.5, 0.6) is 5.75 Å². The van der Waals surface area contributed by atoms with Gasteiger partial charge in [0.05, 0.1) is 56.1 Å². The molecule has 67 heavy (non-hydrogen) atoms. The molecule has 354 valence electrons. The van der Waals surface area contributed by atoms with Gasteiger partial charge in [0.1, 0.15) is 29.6 Å². The van der Waals surface area contributed by atoms with Crippen LogP contribution in [0.1, 0.15) is 106 Å². The summed E-state index contributed by atoms with van der Waals surface area (Å²) in [5.41, 5.74) is 9.37. The maximum Gasteiger partial charge on any atom is 0.411 e. The number of hydrogen-bond donors (Lipinski definition) is 4. The maximum absolute atomic E-state index is 13.9. The van der Waals surface area contributed by atoms with Gasteiger partial charge in [-0.25, -0.2) is 14.8 Å². The Kier molecular flexibility index (Phi) is 15.5. The first kappa shape index (κ1) is 47.6. The van der Waals surface area contributed by atoms with Gasteiger partial charge >= 0.3 is 6.09 Å². The highest BCUT2D eigenvalue weighted by Crippen LogP contribution is 2.35. The van der Waals surface area contributed by atoms with Gasteiger partial charge in [0.2, 0.25) is 11.8 Å². The molecule has 0 radical (unpaired) electrons. The Labute approximate surface area is 399 Å². The van der Waals surface area contributed by atoms with Crippen molar-refractivity contribution in [2.45, 2.75) is 123 Å². The predicted molar refractivity (Wildman–Crippen MR) is 261 cm³/mol. The minimum absolute atomic E-state index is 0.0262. The molecule has 2 aromatic carbocycles. The van der Waals surface area contributed by atoms with Gasteiger partial charge < -0.3 is 34.6 Å². The average Bonchev–Trinajstić information content (AvgIpc) is 4.13. The van der Waals surface area contributed by atoms with Crippen molar-refractivity contribution in [3.63, 3.8) is 0 Å². The number of nitrogens with one attached hydrogen (secondary N) is 3. The molecule has 3 atom stereocenters. The number of benzene rings is 2. The maximum atomic E-state index is 13.9. The van der Waals surface area contributed by atoms with Crippen LogP contribution in [-0.4, -0.2) is 86.0 Å². The Balaban J connectivity index is 0.837. The standard InChI is InChI=1S/C50H60N8O7S2/c1-29(2)45(43-20-30(3)57-65-43)48(61)58-27-37(59)24-41(58)47(60)53-25-35-15-14-34(46-32(5)54-28-66-46)22-42(35)63-19-11-7-10-18-51-49-55-39-17-16-33(23-44(39)67-49)36-21-40(31(4)52-26-36)56-50(62)64-38-12-8-6-9-13-38/h14-17,20-23,26,28-29,37-38,41,45,59H,6-13,18-19,24-25,27H2,1-5H3,(H,51,55)(H,53,60)(H,56,62)/t37-,41+,45+/m1/s1. The molecule has 17 heteroatoms. The number of thiazole rings is 2. The minimum atomic E-state index is -0.831. The lowest BCUT2D eigenvalue weighted by Gasteiger charge is -2.28. The van der Waals surface area contributed by atoms with Crippen LogP contribution in [0.4, 0.5) is 15.6 Å². The third-order valence-electron chi connectivity index (χ3n) is 12.5. The number of unbranched alkanes of at least 4 members (excludes halogenated alkanes) is 2. The first-order chi connectivity index (χ1) is 32.4. The molecule has 4 N–H and O–H groups in total. The molecule has 1 saturated heterocycles. The summed E-state index contributed by atoms with van der Waals surface area (Å²) in [6, 6.07) is 15.0. The first-order valence-electron chi connectivity index (χ1n) is 23.3. The molecule has 0 unspecified atom stereocenters. The largest absolute Gasteiger partial charge is 0.493 e. The van der Waals surface area contributed by atoms with E-state index in [1.165, 1.54) is 11.3 Å². The quantitative estimate of drug-likeness (QED) is 0.0597. The molecule has 6 aromatic rings. The number of aliphatic hydroxyl groups is 1. The highest BCUT2D eigenvalue weighted by Gasteiger charge is 2.43. The molecule has 5 heterocycles. The number of carbonyl (C=O) groups excluding carboxylic acids is 3. The number of carbonyl (C=O) groups is 3. The number of β-amino-alcohol motifs (C(OH)–C–C–N with tert-alkyl or cyclic N) is 1. The summed E-state index contributed by atoms with van der Waals surface area (Å²) < 4.78 is 18.6. The molecule has 1 saturated carbocycles. The number of pyridine rings is 1. The van der Waals surface area contributed by atoms with E-state index in [2.05, 4.69) is 37.1 Å². The second kappa shape index (κ2) is 21.8. The lowest BCUT2D eigenvalue weighted by atomic mass is 9.91. The van der Waals surface area contributed by atoms with Crippen molar-refractivity contribution in [3.05, 3.63) is 88.6 Å². The molecular weight excluding hydrogens is 889 g/mol. The van der Waals surface area contributed by atoms with E-state index in [4.69, 9.17) is 19.0 Å². The third-order valence-corrected chi connectivity index (χ3v) is 14.5. The number of likely N-dealkylation sites (tertiary alicyclic amines) is 1. The summed E-state index contributed by atoms with van der Waals surface area (Å²) in [4.78, 5) is 56.7. The summed E-state index contributed by atoms with van der Waals surface area (Å²) in [5.74, 6) is -0.225. The summed E-state index contributed by atoms with van der Waals surface area (Å²) >= 11 is 3.17. The van der Waals surface area contributed by atoms with Gasteiger partial charge in [-0.15, -0.1) is 11.3 Å². The smallest absolute Gasteiger partial charge is 0.411 e. The van der Waals surface area contributed by atoms with Crippen molar-refractivity contribution >= 4 is 61.6 Å². The van der Waals surface area contributed by atoms with Crippen LogP contribution < -0.4 is 20.7 Å². The van der Waals surface area contributed by atoms with E-state index in [9.17, 15) is 19.5 Å². The fourth-order valence-corrected chi connectivity index (χ4v) is 10.6. The van der Waals surface area contributed by atoms with E-state index in [0.29, 0.717) is 29.5 Å². The van der Waals surface area contributed by atoms with Crippen molar-refractivity contribution in [1.82, 2.24) is 30.3 Å². The van der Waals surface area contributed by atoms with E-state index < -0.39 is 24.2 Å². The molecule has 0 bridgehead atoms. The van der Waals surface area contributed by atoms with Gasteiger partial charge in [-0.05, 0) is 107 Å². The molecule has 8 rings (SSSR count). The number of amides is 3. The molecule has 15 nitrogen and oxygen atoms in total. The predicted octanol–water partition coefficient (Wildman–Crippen LogP) is 9.96. The molecular formula is C50H60N8O7S2. The van der Waals surface area contributed by atoms with Gasteiger partial charge in [-0.1, -0.05) is 55.0 Å². The molecule has 1 aliphatic heterocycles. The topological polar surface area (TPSA) is 194 Å². The summed E-state index contributed by atoms with van der Waals surface area (Å²) in [7, 11) is 0. The zero-order chi connectivity index (χ0) is 47.0. The Morgan fingerprint density at radius 3 is 2.52 bits per heavy atom. The number of ether oxygens (including phenoxy) is 2. The Morgan fingerprint density at radius 1 is 0.940 bits per heavy atom. The second-order valence-electron chi connectivity index (χ2n) is 18.0. The van der Waals surface area contributed by atoms with Crippen LogP contribution in [-0.2, 0) is 20.9 Å². The minimum Gasteiger partial charge on any atom is -0.493 e. The first-order valence-corrected chi connectivity index (χ1v) is 25.0. The Hall–Kier alpha value is -5.91. The fraction of sp³-hybridized carbons (Fsp3) is 0.460. The zero-order valence-corrected chi connectivity index (χ0v) is 40.4. The monoisotopic (exact) mass is 948 g/mol. The van der Waals surface area contributed by atoms with Crippen molar-refractivity contribution in [2.75, 3.05) is 30.3 Å². The van der Waals surface area contributed by atoms with Crippen LogP contribution in [0, 0.1) is 26.7 Å². The molecule has 3 amide bonds. The Bertz CT molecular complexity index is 2670. The van der Waals surface area contributed by atoms with E-state index in [1.54, 1.807) is 35.7 Å². The number of anilines is 2. The number of nitrogens with zero attached hydrogens (tertiary/aromatic N) is 5. The number of rotatable bonds is 18. The summed E-state index contributed by atoms with van der Waals surface area (Å²) in [6.07, 6.45) is 8.55. The van der Waals surface area contributed by atoms with Crippen LogP contribution in [0.25, 0.3) is 31.8 Å². The number of hydrogen-bond acceptors (Lipinski definition) is 14. The van der Waals surface area contributed by atoms with E-state index in [0.717, 1.165) is 105 Å². The van der Waals surface area contributed by atoms with Crippen LogP contribution in [0.2, 0.25) is 0 Å². The average molecular weight is 949 g/mol. The Morgan fingerprint density at radius 2 is 1.76 bits per heavy atom. The zero-order valence-electron chi connectivity index (χ0n) is 38.8. The van der Waals surface area contributed by atoms with Gasteiger partial charge in [-0.3, -0.25) is 19.9 Å². The number of aliphatic hydroxyl groups excluding tert-OH is 1. The highest BCUT2D eigenvalue weighted by atomic mass is 32.1. The molecule has 4 aromatic heterocycles. The van der Waals surface area contributed by atoms with Gasteiger partial charge in [-0.2, -0.15) is 0 Å². The molecule has 0 spiro atoms. The van der Waals surface area contributed by atoms with Crippen LogP contribution in [0.3, 0.4) is 0 Å². The van der Waals surface area contributed by atoms with Crippen molar-refractivity contribution in [1.29, 1.82) is 0 Å². The van der Waals surface area contributed by atoms with Gasteiger partial charge in [0.25, 0.3) is 0 Å². The lowest BCUT2D eigenvalue weighted by Crippen LogP contribution is -2.48.